The third-order valence-corrected chi connectivity index (χ3v) is 15.8. The van der Waals surface area contributed by atoms with Crippen LogP contribution in [0.2, 0.25) is 0 Å². The number of primary amides is 2. The molecule has 0 spiro atoms. The van der Waals surface area contributed by atoms with Gasteiger partial charge in [-0.25, -0.2) is 0 Å². The Morgan fingerprint density at radius 3 is 2.02 bits per heavy atom. The molecule has 7 rings (SSSR count). The molecule has 0 aliphatic carbocycles. The van der Waals surface area contributed by atoms with E-state index in [0.717, 1.165) is 32.3 Å². The zero-order valence-corrected chi connectivity index (χ0v) is 48.9. The summed E-state index contributed by atoms with van der Waals surface area (Å²) in [6.45, 7) is 3.99. The fraction of sp³-hybridized carbons (Fsp3) is 0.482. The van der Waals surface area contributed by atoms with Crippen LogP contribution in [0.1, 0.15) is 81.3 Å². The molecule has 89 heavy (non-hydrogen) atoms. The molecule has 0 bridgehead atoms. The Balaban J connectivity index is 1.11. The molecule has 15 atom stereocenters. The van der Waals surface area contributed by atoms with E-state index in [1.807, 2.05) is 17.4 Å². The lowest BCUT2D eigenvalue weighted by molar-refractivity contribution is -0.148. The van der Waals surface area contributed by atoms with E-state index >= 15 is 0 Å². The molecule has 3 aliphatic heterocycles. The predicted molar refractivity (Wildman–Crippen MR) is 304 cm³/mol. The van der Waals surface area contributed by atoms with E-state index in [1.165, 1.54) is 31.2 Å². The number of aromatic nitrogens is 1. The number of aromatic hydroxyl groups is 1. The topological polar surface area (TPSA) is 515 Å². The van der Waals surface area contributed by atoms with E-state index in [9.17, 15) is 97.3 Å². The lowest BCUT2D eigenvalue weighted by atomic mass is 9.96. The summed E-state index contributed by atoms with van der Waals surface area (Å²) in [7, 11) is -5.35. The second kappa shape index (κ2) is 28.8. The highest BCUT2D eigenvalue weighted by atomic mass is 32.3. The molecule has 33 heteroatoms. The summed E-state index contributed by atoms with van der Waals surface area (Å²) in [6, 6.07) is 4.39. The van der Waals surface area contributed by atoms with E-state index in [1.54, 1.807) is 18.2 Å². The maximum Gasteiger partial charge on any atom is 0.446 e. The summed E-state index contributed by atoms with van der Waals surface area (Å²) >= 11 is 0. The minimum atomic E-state index is -5.35. The van der Waals surface area contributed by atoms with Gasteiger partial charge in [0.1, 0.15) is 66.0 Å². The van der Waals surface area contributed by atoms with Crippen molar-refractivity contribution in [1.82, 2.24) is 35.8 Å². The van der Waals surface area contributed by atoms with Crippen LogP contribution in [0, 0.1) is 5.92 Å². The monoisotopic (exact) mass is 1270 g/mol. The maximum atomic E-state index is 14.5. The van der Waals surface area contributed by atoms with Gasteiger partial charge in [0.25, 0.3) is 5.91 Å². The Morgan fingerprint density at radius 2 is 1.40 bits per heavy atom. The molecule has 8 amide bonds. The molecular formula is C56H71N9O23S. The molecule has 4 aromatic rings. The van der Waals surface area contributed by atoms with Gasteiger partial charge in [-0.3, -0.25) is 47.8 Å². The minimum Gasteiger partial charge on any atom is -0.504 e. The van der Waals surface area contributed by atoms with Crippen molar-refractivity contribution in [3.05, 3.63) is 83.9 Å². The van der Waals surface area contributed by atoms with Crippen LogP contribution < -0.4 is 36.3 Å². The number of phenolic OH excluding ortho intramolecular Hbond substituents is 1. The van der Waals surface area contributed by atoms with Crippen molar-refractivity contribution >= 4 is 57.7 Å². The van der Waals surface area contributed by atoms with Gasteiger partial charge in [-0.15, -0.1) is 0 Å². The molecule has 4 heterocycles. The van der Waals surface area contributed by atoms with E-state index in [2.05, 4.69) is 26.9 Å². The number of nitrogens with zero attached hydrogens (tertiary/aromatic N) is 4. The van der Waals surface area contributed by atoms with Crippen LogP contribution >= 0.6 is 0 Å². The van der Waals surface area contributed by atoms with Gasteiger partial charge in [-0.05, 0) is 67.4 Å². The van der Waals surface area contributed by atoms with Gasteiger partial charge in [-0.2, -0.15) is 8.42 Å². The van der Waals surface area contributed by atoms with Crippen molar-refractivity contribution < 1.29 is 111 Å². The number of amides is 8. The molecule has 32 nitrogen and oxygen atoms in total. The molecule has 3 saturated heterocycles. The molecule has 3 aliphatic rings. The van der Waals surface area contributed by atoms with Crippen LogP contribution in [0.15, 0.2) is 77.3 Å². The number of hydrogen-bond donors (Lipinski definition) is 15. The molecule has 17 N–H and O–H groups in total. The average Bonchev–Trinajstić information content (AvgIpc) is 2.86. The van der Waals surface area contributed by atoms with E-state index in [-0.39, 0.29) is 5.56 Å². The van der Waals surface area contributed by atoms with E-state index in [0.29, 0.717) is 61.8 Å². The molecule has 3 aromatic carbocycles. The number of β-amino-alcohol motifs (C(OH)–C–C–N with tert-alkyl or cyclic N) is 1. The highest BCUT2D eigenvalue weighted by Gasteiger charge is 2.51. The number of phenols is 1. The number of aliphatic hydroxyl groups excluding tert-OH is 8. The highest BCUT2D eigenvalue weighted by molar-refractivity contribution is 7.81. The standard InChI is InChI=1S/C56H71N9O23S/c1-4-5-6-17-86-32-14-11-28(12-15-32)39-20-33(62-87-39)27-7-9-29(10-8-27)53(79)65-35(21-38(70)54(65)80)51(77)59-42(26(3)66)55(81)63-24-31(67)19-34(63)50(76)61-44(48(74)47(73)30-13-16-36(68)40(18-30)88-89(83,84)85)52(78)60-43(37(69)22-41(57)71)56(82)64-23-25(2)46(72)45(64)49(58)75/h7-16,18,20,25-26,31,34-35,37-38,42-48,54,66-70,72-74,80H,4-6,17,19,21-24H2,1-3H3,(H2,57,71)(H2,58,75)(H,59,77)(H,60,78)(H,61,76)(H,83,84,85)/t25-,26+,31+,34-,35?,37+,38-,42-,43-,44-,45-,46-,47-,48-,54?/m0/s1. The van der Waals surface area contributed by atoms with Crippen molar-refractivity contribution in [1.29, 1.82) is 0 Å². The van der Waals surface area contributed by atoms with Crippen molar-refractivity contribution in [3.8, 4) is 39.8 Å². The third-order valence-electron chi connectivity index (χ3n) is 15.4. The van der Waals surface area contributed by atoms with E-state index < -0.39 is 198 Å². The number of carbonyl (C=O) groups is 8. The van der Waals surface area contributed by atoms with Crippen LogP contribution in [0.25, 0.3) is 22.6 Å². The zero-order chi connectivity index (χ0) is 65.5. The predicted octanol–water partition coefficient (Wildman–Crippen LogP) is -3.82. The Morgan fingerprint density at radius 1 is 0.775 bits per heavy atom. The lowest BCUT2D eigenvalue weighted by Crippen LogP contribution is -2.64. The third kappa shape index (κ3) is 16.1. The van der Waals surface area contributed by atoms with Crippen LogP contribution in [0.3, 0.4) is 0 Å². The Kier molecular flexibility index (Phi) is 22.1. The van der Waals surface area contributed by atoms with Gasteiger partial charge >= 0.3 is 10.4 Å². The van der Waals surface area contributed by atoms with Crippen LogP contribution in [-0.2, 0) is 44.0 Å². The summed E-state index contributed by atoms with van der Waals surface area (Å²) < 4.78 is 48.1. The number of nitrogens with two attached hydrogens (primary N) is 2. The number of carbonyl (C=O) groups excluding carboxylic acids is 8. The van der Waals surface area contributed by atoms with Crippen molar-refractivity contribution in [2.75, 3.05) is 19.7 Å². The fourth-order valence-electron chi connectivity index (χ4n) is 10.7. The summed E-state index contributed by atoms with van der Waals surface area (Å²) in [5, 5.41) is 110. The zero-order valence-electron chi connectivity index (χ0n) is 48.1. The minimum absolute atomic E-state index is 0.0774. The quantitative estimate of drug-likeness (QED) is 0.0212. The number of benzene rings is 3. The summed E-state index contributed by atoms with van der Waals surface area (Å²) in [4.78, 5) is 113. The maximum absolute atomic E-state index is 14.5. The van der Waals surface area contributed by atoms with Crippen LogP contribution in [0.4, 0.5) is 0 Å². The molecule has 0 saturated carbocycles. The molecule has 0 radical (unpaired) electrons. The number of hydrogen-bond acceptors (Lipinski definition) is 23. The molecule has 484 valence electrons. The number of ether oxygens (including phenoxy) is 1. The van der Waals surface area contributed by atoms with Gasteiger partial charge < -0.3 is 96.6 Å². The van der Waals surface area contributed by atoms with E-state index in [4.69, 9.17) is 20.7 Å². The Labute approximate surface area is 507 Å². The number of unbranched alkanes of at least 4 members (excludes halogenated alkanes) is 2. The molecule has 3 fully saturated rings. The Hall–Kier alpha value is -8.38. The van der Waals surface area contributed by atoms with Gasteiger partial charge in [0.2, 0.25) is 41.4 Å². The number of rotatable bonds is 26. The van der Waals surface area contributed by atoms with Gasteiger partial charge in [0.15, 0.2) is 23.5 Å². The normalized spacial score (nSPS) is 23.3. The molecule has 1 aromatic heterocycles. The van der Waals surface area contributed by atoms with Crippen molar-refractivity contribution in [2.24, 2.45) is 17.4 Å². The lowest BCUT2D eigenvalue weighted by Gasteiger charge is -2.34. The number of likely N-dealkylation sites (tertiary alicyclic amines) is 3. The number of nitrogens with one attached hydrogen (secondary N) is 3. The largest absolute Gasteiger partial charge is 0.504 e. The van der Waals surface area contributed by atoms with Crippen LogP contribution in [-0.4, -0.2) is 225 Å². The summed E-state index contributed by atoms with van der Waals surface area (Å²) in [5.41, 5.74) is 11.7. The highest BCUT2D eigenvalue weighted by Crippen LogP contribution is 2.34. The summed E-state index contributed by atoms with van der Waals surface area (Å²) in [5.74, 6) is -12.1. The average molecular weight is 1270 g/mol. The van der Waals surface area contributed by atoms with Gasteiger partial charge in [0, 0.05) is 54.6 Å². The van der Waals surface area contributed by atoms with Crippen molar-refractivity contribution in [2.45, 2.75) is 145 Å². The number of aliphatic hydroxyl groups is 8. The smallest absolute Gasteiger partial charge is 0.446 e. The second-order valence-electron chi connectivity index (χ2n) is 22.0. The summed E-state index contributed by atoms with van der Waals surface area (Å²) in [6.07, 6.45) is -15.4. The van der Waals surface area contributed by atoms with Crippen LogP contribution in [0.5, 0.6) is 17.2 Å². The van der Waals surface area contributed by atoms with Gasteiger partial charge in [-0.1, -0.05) is 50.0 Å². The van der Waals surface area contributed by atoms with Crippen molar-refractivity contribution in [3.63, 3.8) is 0 Å². The first-order chi connectivity index (χ1) is 41.9. The first kappa shape index (κ1) is 68.1. The van der Waals surface area contributed by atoms with Gasteiger partial charge in [0.05, 0.1) is 37.4 Å². The fourth-order valence-corrected chi connectivity index (χ4v) is 11.0. The SMILES string of the molecule is CCCCCOc1ccc(-c2cc(-c3ccc(C(=O)N4C(C(=O)N[C@H](C(=O)N5C[C@H](O)C[C@H]5C(=O)N[C@H](C(=O)N[C@H](C(=O)N5C[C@H](C)[C@H](O)[C@H]5C(N)=O)[C@H](O)CC(N)=O)[C@H](O)[C@@H](O)c5ccc(O)c(OS(=O)(=O)O)c5)[C@@H](C)O)C[C@H](O)C4O)cc3)no2)cc1. The molecule has 2 unspecified atom stereocenters. The second-order valence-corrected chi connectivity index (χ2v) is 23.0. The Bertz CT molecular complexity index is 3350. The first-order valence-corrected chi connectivity index (χ1v) is 29.4. The molecular weight excluding hydrogens is 1200 g/mol. The first-order valence-electron chi connectivity index (χ1n) is 28.1.